The first-order valence-electron chi connectivity index (χ1n) is 12.2. The zero-order valence-corrected chi connectivity index (χ0v) is 19.9. The van der Waals surface area contributed by atoms with E-state index in [1.165, 1.54) is 0 Å². The Morgan fingerprint density at radius 1 is 0.912 bits per heavy atom. The predicted molar refractivity (Wildman–Crippen MR) is 131 cm³/mol. The third-order valence-electron chi connectivity index (χ3n) is 7.08. The molecule has 34 heavy (non-hydrogen) atoms. The maximum absolute atomic E-state index is 13.6. The largest absolute Gasteiger partial charge is 0.343 e. The second-order valence-corrected chi connectivity index (χ2v) is 9.26. The third-order valence-corrected chi connectivity index (χ3v) is 7.08. The van der Waals surface area contributed by atoms with Gasteiger partial charge < -0.3 is 20.9 Å². The second kappa shape index (κ2) is 10.8. The Morgan fingerprint density at radius 3 is 2.12 bits per heavy atom. The van der Waals surface area contributed by atoms with Crippen molar-refractivity contribution in [2.45, 2.75) is 69.2 Å². The molecule has 2 aliphatic rings. The van der Waals surface area contributed by atoms with Crippen LogP contribution in [0.5, 0.6) is 0 Å². The number of rotatable bonds is 7. The van der Waals surface area contributed by atoms with Crippen LogP contribution in [0, 0.1) is 0 Å². The minimum atomic E-state index is -0.597. The van der Waals surface area contributed by atoms with Crippen molar-refractivity contribution in [3.05, 3.63) is 71.8 Å². The molecule has 0 aromatic heterocycles. The van der Waals surface area contributed by atoms with E-state index < -0.39 is 12.1 Å². The molecule has 0 spiro atoms. The smallest absolute Gasteiger partial charge is 0.246 e. The summed E-state index contributed by atoms with van der Waals surface area (Å²) in [5.74, 6) is -0.496. The van der Waals surface area contributed by atoms with Crippen LogP contribution in [0.25, 0.3) is 0 Å². The summed E-state index contributed by atoms with van der Waals surface area (Å²) < 4.78 is 0. The molecular weight excluding hydrogens is 428 g/mol. The monoisotopic (exact) mass is 462 g/mol. The molecule has 1 unspecified atom stereocenters. The molecule has 2 aromatic carbocycles. The summed E-state index contributed by atoms with van der Waals surface area (Å²) >= 11 is 0. The van der Waals surface area contributed by atoms with Crippen molar-refractivity contribution in [3.8, 4) is 0 Å². The lowest BCUT2D eigenvalue weighted by Gasteiger charge is -2.32. The summed E-state index contributed by atoms with van der Waals surface area (Å²) in [5.41, 5.74) is 1.98. The maximum Gasteiger partial charge on any atom is 0.246 e. The molecule has 4 atom stereocenters. The molecule has 7 nitrogen and oxygen atoms in total. The molecule has 180 valence electrons. The number of amides is 3. The van der Waals surface area contributed by atoms with Crippen LogP contribution in [-0.4, -0.2) is 53.8 Å². The lowest BCUT2D eigenvalue weighted by Crippen LogP contribution is -2.56. The number of carbonyl (C=O) groups is 3. The number of carbonyl (C=O) groups excluding carboxylic acids is 3. The van der Waals surface area contributed by atoms with Crippen molar-refractivity contribution >= 4 is 17.7 Å². The Morgan fingerprint density at radius 2 is 1.53 bits per heavy atom. The van der Waals surface area contributed by atoms with E-state index >= 15 is 0 Å². The van der Waals surface area contributed by atoms with Crippen LogP contribution in [0.15, 0.2) is 60.7 Å². The summed E-state index contributed by atoms with van der Waals surface area (Å²) in [7, 11) is 1.71. The Balaban J connectivity index is 1.54. The minimum Gasteiger partial charge on any atom is -0.343 e. The van der Waals surface area contributed by atoms with Gasteiger partial charge in [-0.2, -0.15) is 0 Å². The number of nitrogens with one attached hydrogen (secondary N) is 3. The average molecular weight is 463 g/mol. The summed E-state index contributed by atoms with van der Waals surface area (Å²) in [6, 6.07) is 18.0. The van der Waals surface area contributed by atoms with Gasteiger partial charge in [0.2, 0.25) is 17.7 Å². The van der Waals surface area contributed by atoms with Crippen LogP contribution in [0.3, 0.4) is 0 Å². The van der Waals surface area contributed by atoms with Gasteiger partial charge in [-0.1, -0.05) is 60.7 Å². The second-order valence-electron chi connectivity index (χ2n) is 9.26. The van der Waals surface area contributed by atoms with Gasteiger partial charge in [0, 0.05) is 6.04 Å². The average Bonchev–Trinajstić information content (AvgIpc) is 3.24. The highest BCUT2D eigenvalue weighted by Gasteiger charge is 2.45. The van der Waals surface area contributed by atoms with Crippen molar-refractivity contribution in [1.82, 2.24) is 20.9 Å². The fourth-order valence-corrected chi connectivity index (χ4v) is 5.07. The van der Waals surface area contributed by atoms with Crippen LogP contribution < -0.4 is 16.0 Å². The maximum atomic E-state index is 13.6. The number of benzene rings is 2. The van der Waals surface area contributed by atoms with Gasteiger partial charge in [0.1, 0.15) is 12.1 Å². The van der Waals surface area contributed by atoms with Gasteiger partial charge in [0.25, 0.3) is 0 Å². The van der Waals surface area contributed by atoms with Crippen molar-refractivity contribution in [1.29, 1.82) is 0 Å². The van der Waals surface area contributed by atoms with Gasteiger partial charge in [-0.3, -0.25) is 14.4 Å². The Labute approximate surface area is 201 Å². The molecule has 2 aliphatic heterocycles. The van der Waals surface area contributed by atoms with Crippen molar-refractivity contribution in [2.24, 2.45) is 0 Å². The highest BCUT2D eigenvalue weighted by atomic mass is 16.2. The first kappa shape index (κ1) is 24.0. The van der Waals surface area contributed by atoms with E-state index in [0.29, 0.717) is 12.8 Å². The molecule has 0 bridgehead atoms. The standard InChI is InChI=1S/C27H34N4O3/c1-18(28-2)25(32)29-22-15-9-14-21-16-17-23(31(21)27(22)34)26(33)30-24(19-10-5-3-6-11-19)20-12-7-4-8-13-20/h3-8,10-13,18,21-24,28H,9,14-17H2,1-2H3,(H,29,32)(H,30,33)/t18-,21?,22-,23-/m0/s1. The van der Waals surface area contributed by atoms with Crippen molar-refractivity contribution < 1.29 is 14.4 Å². The van der Waals surface area contributed by atoms with Crippen LogP contribution in [0.2, 0.25) is 0 Å². The minimum absolute atomic E-state index is 0.0405. The van der Waals surface area contributed by atoms with Crippen LogP contribution >= 0.6 is 0 Å². The summed E-state index contributed by atoms with van der Waals surface area (Å²) in [5, 5.41) is 9.03. The molecular formula is C27H34N4O3. The lowest BCUT2D eigenvalue weighted by atomic mass is 9.98. The lowest BCUT2D eigenvalue weighted by molar-refractivity contribution is -0.143. The van der Waals surface area contributed by atoms with Gasteiger partial charge in [-0.25, -0.2) is 0 Å². The summed E-state index contributed by atoms with van der Waals surface area (Å²) in [6.07, 6.45) is 3.73. The van der Waals surface area contributed by atoms with Crippen LogP contribution in [0.4, 0.5) is 0 Å². The quantitative estimate of drug-likeness (QED) is 0.590. The highest BCUT2D eigenvalue weighted by molar-refractivity contribution is 5.94. The van der Waals surface area contributed by atoms with E-state index in [1.807, 2.05) is 60.7 Å². The first-order valence-corrected chi connectivity index (χ1v) is 12.2. The van der Waals surface area contributed by atoms with E-state index in [0.717, 1.165) is 30.4 Å². The Bertz CT molecular complexity index is 958. The molecule has 2 aromatic rings. The fraction of sp³-hybridized carbons (Fsp3) is 0.444. The zero-order chi connectivity index (χ0) is 24.1. The summed E-state index contributed by atoms with van der Waals surface area (Å²) in [6.45, 7) is 1.76. The highest BCUT2D eigenvalue weighted by Crippen LogP contribution is 2.33. The van der Waals surface area contributed by atoms with E-state index in [1.54, 1.807) is 18.9 Å². The third kappa shape index (κ3) is 5.14. The molecule has 4 rings (SSSR count). The van der Waals surface area contributed by atoms with Gasteiger partial charge in [-0.05, 0) is 57.2 Å². The Hall–Kier alpha value is -3.19. The van der Waals surface area contributed by atoms with Crippen LogP contribution in [0.1, 0.15) is 56.2 Å². The van der Waals surface area contributed by atoms with Crippen molar-refractivity contribution in [2.75, 3.05) is 7.05 Å². The topological polar surface area (TPSA) is 90.5 Å². The SMILES string of the molecule is CN[C@@H](C)C(=O)N[C@H]1CCCC2CC[C@@H](C(=O)NC(c3ccccc3)c3ccccc3)N2C1=O. The molecule has 7 heteroatoms. The number of nitrogens with zero attached hydrogens (tertiary/aromatic N) is 1. The van der Waals surface area contributed by atoms with Gasteiger partial charge in [0.05, 0.1) is 12.1 Å². The van der Waals surface area contributed by atoms with Gasteiger partial charge in [0.15, 0.2) is 0 Å². The van der Waals surface area contributed by atoms with E-state index in [4.69, 9.17) is 0 Å². The number of likely N-dealkylation sites (N-methyl/N-ethyl adjacent to an activating group) is 1. The normalized spacial score (nSPS) is 23.2. The molecule has 0 aliphatic carbocycles. The molecule has 2 saturated heterocycles. The molecule has 0 radical (unpaired) electrons. The predicted octanol–water partition coefficient (Wildman–Crippen LogP) is 2.53. The number of hydrogen-bond acceptors (Lipinski definition) is 4. The molecule has 0 saturated carbocycles. The number of fused-ring (bicyclic) bond motifs is 1. The first-order chi connectivity index (χ1) is 16.5. The van der Waals surface area contributed by atoms with E-state index in [9.17, 15) is 14.4 Å². The van der Waals surface area contributed by atoms with E-state index in [-0.39, 0.29) is 35.8 Å². The van der Waals surface area contributed by atoms with Crippen molar-refractivity contribution in [3.63, 3.8) is 0 Å². The molecule has 2 fully saturated rings. The van der Waals surface area contributed by atoms with Gasteiger partial charge in [-0.15, -0.1) is 0 Å². The van der Waals surface area contributed by atoms with Gasteiger partial charge >= 0.3 is 0 Å². The molecule has 3 N–H and O–H groups in total. The number of hydrogen-bond donors (Lipinski definition) is 3. The molecule has 2 heterocycles. The summed E-state index contributed by atoms with van der Waals surface area (Å²) in [4.78, 5) is 41.3. The Kier molecular flexibility index (Phi) is 7.63. The molecule has 3 amide bonds. The van der Waals surface area contributed by atoms with Crippen LogP contribution in [-0.2, 0) is 14.4 Å². The fourth-order valence-electron chi connectivity index (χ4n) is 5.07. The van der Waals surface area contributed by atoms with E-state index in [2.05, 4.69) is 16.0 Å². The zero-order valence-electron chi connectivity index (χ0n) is 19.9.